The number of hydrogen-bond donors (Lipinski definition) is 2. The Morgan fingerprint density at radius 3 is 2.70 bits per heavy atom. The minimum absolute atomic E-state index is 0.0441. The van der Waals surface area contributed by atoms with E-state index < -0.39 is 4.92 Å². The zero-order valence-electron chi connectivity index (χ0n) is 12.5. The van der Waals surface area contributed by atoms with Gasteiger partial charge in [0.25, 0.3) is 5.69 Å². The molecule has 2 aromatic rings. The molecule has 0 aliphatic carbocycles. The van der Waals surface area contributed by atoms with Gasteiger partial charge in [-0.2, -0.15) is 5.10 Å². The fourth-order valence-corrected chi connectivity index (χ4v) is 2.28. The van der Waals surface area contributed by atoms with Crippen LogP contribution >= 0.6 is 23.8 Å². The fraction of sp³-hybridized carbons (Fsp3) is 0.286. The van der Waals surface area contributed by atoms with E-state index in [0.29, 0.717) is 22.4 Å². The molecule has 2 rings (SSSR count). The Bertz CT molecular complexity index is 702. The van der Waals surface area contributed by atoms with Gasteiger partial charge in [0.2, 0.25) is 0 Å². The molecule has 0 amide bonds. The number of halogens is 1. The Labute approximate surface area is 143 Å². The first-order valence-electron chi connectivity index (χ1n) is 6.94. The normalized spacial score (nSPS) is 10.3. The third kappa shape index (κ3) is 4.90. The summed E-state index contributed by atoms with van der Waals surface area (Å²) in [6, 6.07) is 6.08. The smallest absolute Gasteiger partial charge is 0.269 e. The second kappa shape index (κ2) is 7.89. The largest absolute Gasteiger partial charge is 0.362 e. The summed E-state index contributed by atoms with van der Waals surface area (Å²) in [6.45, 7) is 3.34. The minimum atomic E-state index is -0.441. The third-order valence-corrected chi connectivity index (χ3v) is 3.83. The molecule has 0 aliphatic rings. The summed E-state index contributed by atoms with van der Waals surface area (Å²) in [7, 11) is 0. The first-order valence-corrected chi connectivity index (χ1v) is 7.73. The molecule has 122 valence electrons. The van der Waals surface area contributed by atoms with Crippen molar-refractivity contribution in [2.24, 2.45) is 0 Å². The third-order valence-electron chi connectivity index (χ3n) is 3.21. The van der Waals surface area contributed by atoms with Gasteiger partial charge in [-0.1, -0.05) is 11.6 Å². The maximum absolute atomic E-state index is 10.6. The Hall–Kier alpha value is -2.19. The van der Waals surface area contributed by atoms with Gasteiger partial charge in [-0.3, -0.25) is 14.8 Å². The molecule has 0 unspecified atom stereocenters. The first-order chi connectivity index (χ1) is 11.0. The average Bonchev–Trinajstić information content (AvgIpc) is 2.84. The number of rotatable bonds is 6. The minimum Gasteiger partial charge on any atom is -0.362 e. The van der Waals surface area contributed by atoms with Crippen LogP contribution in [0.2, 0.25) is 5.02 Å². The van der Waals surface area contributed by atoms with Gasteiger partial charge in [0, 0.05) is 30.9 Å². The van der Waals surface area contributed by atoms with Gasteiger partial charge in [0.05, 0.1) is 21.8 Å². The van der Waals surface area contributed by atoms with Crippen molar-refractivity contribution in [3.8, 4) is 0 Å². The van der Waals surface area contributed by atoms with Crippen LogP contribution in [0.1, 0.15) is 12.1 Å². The van der Waals surface area contributed by atoms with Crippen molar-refractivity contribution in [1.82, 2.24) is 15.1 Å². The molecule has 0 fully saturated rings. The van der Waals surface area contributed by atoms with Crippen LogP contribution in [0.5, 0.6) is 0 Å². The molecule has 0 aliphatic heterocycles. The van der Waals surface area contributed by atoms with Crippen LogP contribution in [0.15, 0.2) is 30.5 Å². The summed E-state index contributed by atoms with van der Waals surface area (Å²) in [5, 5.41) is 21.9. The van der Waals surface area contributed by atoms with E-state index in [9.17, 15) is 10.1 Å². The molecule has 0 bridgehead atoms. The van der Waals surface area contributed by atoms with Crippen LogP contribution in [-0.2, 0) is 6.54 Å². The highest BCUT2D eigenvalue weighted by molar-refractivity contribution is 7.80. The number of nitro benzene ring substituents is 1. The summed E-state index contributed by atoms with van der Waals surface area (Å²) in [4.78, 5) is 10.1. The maximum Gasteiger partial charge on any atom is 0.269 e. The summed E-state index contributed by atoms with van der Waals surface area (Å²) >= 11 is 11.1. The highest BCUT2D eigenvalue weighted by atomic mass is 35.5. The molecule has 1 heterocycles. The lowest BCUT2D eigenvalue weighted by molar-refractivity contribution is -0.384. The monoisotopic (exact) mass is 353 g/mol. The number of benzene rings is 1. The fourth-order valence-electron chi connectivity index (χ4n) is 1.92. The van der Waals surface area contributed by atoms with E-state index in [1.807, 2.05) is 11.6 Å². The zero-order valence-corrected chi connectivity index (χ0v) is 14.0. The van der Waals surface area contributed by atoms with Gasteiger partial charge in [0.15, 0.2) is 5.11 Å². The van der Waals surface area contributed by atoms with Crippen molar-refractivity contribution in [2.75, 3.05) is 11.9 Å². The van der Waals surface area contributed by atoms with Gasteiger partial charge in [-0.25, -0.2) is 0 Å². The van der Waals surface area contributed by atoms with Gasteiger partial charge < -0.3 is 10.6 Å². The van der Waals surface area contributed by atoms with E-state index in [0.717, 1.165) is 18.7 Å². The van der Waals surface area contributed by atoms with E-state index in [4.69, 9.17) is 23.8 Å². The molecule has 0 atom stereocenters. The lowest BCUT2D eigenvalue weighted by atomic mass is 10.3. The zero-order chi connectivity index (χ0) is 16.8. The predicted molar refractivity (Wildman–Crippen MR) is 93.9 cm³/mol. The average molecular weight is 354 g/mol. The molecule has 9 heteroatoms. The number of non-ortho nitro benzene ring substituents is 1. The molecule has 1 aromatic carbocycles. The molecule has 2 N–H and O–H groups in total. The Balaban J connectivity index is 1.72. The molecule has 23 heavy (non-hydrogen) atoms. The highest BCUT2D eigenvalue weighted by Crippen LogP contribution is 2.15. The van der Waals surface area contributed by atoms with Crippen LogP contribution in [0, 0.1) is 17.0 Å². The number of anilines is 1. The topological polar surface area (TPSA) is 85.0 Å². The number of nitro groups is 1. The summed E-state index contributed by atoms with van der Waals surface area (Å²) in [5.74, 6) is 0. The SMILES string of the molecule is Cc1c(Cl)cnn1CCCNC(=S)Nc1ccc([N+](=O)[O-])cc1. The van der Waals surface area contributed by atoms with E-state index >= 15 is 0 Å². The molecule has 0 saturated carbocycles. The van der Waals surface area contributed by atoms with Gasteiger partial charge in [-0.05, 0) is 37.7 Å². The van der Waals surface area contributed by atoms with Crippen molar-refractivity contribution < 1.29 is 4.92 Å². The van der Waals surface area contributed by atoms with E-state index in [1.165, 1.54) is 12.1 Å². The number of aromatic nitrogens is 2. The van der Waals surface area contributed by atoms with Crippen molar-refractivity contribution in [2.45, 2.75) is 19.9 Å². The summed E-state index contributed by atoms with van der Waals surface area (Å²) in [6.07, 6.45) is 2.46. The lowest BCUT2D eigenvalue weighted by Gasteiger charge is -2.10. The van der Waals surface area contributed by atoms with E-state index in [2.05, 4.69) is 15.7 Å². The molecule has 0 spiro atoms. The second-order valence-corrected chi connectivity index (χ2v) is 5.65. The number of thiocarbonyl (C=S) groups is 1. The van der Waals surface area contributed by atoms with E-state index in [1.54, 1.807) is 18.3 Å². The lowest BCUT2D eigenvalue weighted by Crippen LogP contribution is -2.29. The molecular formula is C14H16ClN5O2S. The van der Waals surface area contributed by atoms with Crippen LogP contribution in [-0.4, -0.2) is 26.4 Å². The van der Waals surface area contributed by atoms with Crippen molar-refractivity contribution in [1.29, 1.82) is 0 Å². The van der Waals surface area contributed by atoms with Crippen molar-refractivity contribution in [3.05, 3.63) is 51.3 Å². The number of nitrogens with one attached hydrogen (secondary N) is 2. The molecule has 1 aromatic heterocycles. The van der Waals surface area contributed by atoms with Crippen LogP contribution < -0.4 is 10.6 Å². The van der Waals surface area contributed by atoms with E-state index in [-0.39, 0.29) is 5.69 Å². The first kappa shape index (κ1) is 17.2. The van der Waals surface area contributed by atoms with Crippen LogP contribution in [0.25, 0.3) is 0 Å². The van der Waals surface area contributed by atoms with Gasteiger partial charge in [0.1, 0.15) is 0 Å². The Kier molecular flexibility index (Phi) is 5.89. The molecular weight excluding hydrogens is 338 g/mol. The van der Waals surface area contributed by atoms with Gasteiger partial charge >= 0.3 is 0 Å². The molecule has 0 radical (unpaired) electrons. The van der Waals surface area contributed by atoms with Crippen molar-refractivity contribution >= 4 is 40.3 Å². The van der Waals surface area contributed by atoms with Gasteiger partial charge in [-0.15, -0.1) is 0 Å². The van der Waals surface area contributed by atoms with Crippen molar-refractivity contribution in [3.63, 3.8) is 0 Å². The maximum atomic E-state index is 10.6. The molecule has 7 nitrogen and oxygen atoms in total. The quantitative estimate of drug-likeness (QED) is 0.359. The number of hydrogen-bond acceptors (Lipinski definition) is 4. The van der Waals surface area contributed by atoms with Crippen LogP contribution in [0.4, 0.5) is 11.4 Å². The standard InChI is InChI=1S/C14H16ClN5O2S/c1-10-13(15)9-17-19(10)8-2-7-16-14(23)18-11-3-5-12(6-4-11)20(21)22/h3-6,9H,2,7-8H2,1H3,(H2,16,18,23). The highest BCUT2D eigenvalue weighted by Gasteiger charge is 2.05. The number of nitrogens with zero attached hydrogens (tertiary/aromatic N) is 3. The second-order valence-electron chi connectivity index (χ2n) is 4.84. The Morgan fingerprint density at radius 1 is 1.43 bits per heavy atom. The van der Waals surface area contributed by atoms with Crippen LogP contribution in [0.3, 0.4) is 0 Å². The number of aryl methyl sites for hydroxylation is 1. The summed E-state index contributed by atoms with van der Waals surface area (Å²) < 4.78 is 1.84. The predicted octanol–water partition coefficient (Wildman–Crippen LogP) is 3.13. The Morgan fingerprint density at radius 2 is 2.13 bits per heavy atom. The molecule has 0 saturated heterocycles. The summed E-state index contributed by atoms with van der Waals surface area (Å²) in [5.41, 5.74) is 1.68.